The van der Waals surface area contributed by atoms with Gasteiger partial charge in [0.15, 0.2) is 0 Å². The van der Waals surface area contributed by atoms with Crippen LogP contribution in [0.5, 0.6) is 0 Å². The van der Waals surface area contributed by atoms with Crippen molar-refractivity contribution >= 4 is 5.97 Å². The summed E-state index contributed by atoms with van der Waals surface area (Å²) in [5, 5.41) is 6.66. The number of benzene rings is 1. The number of nitrogens with zero attached hydrogens (tertiary/aromatic N) is 3. The standard InChI is InChI=1S/C14H20N4O2/c1-20-14(19)13(11-12-7-3-2-4-8-12)16-9-5-6-10-17-18-15/h2-4,7-8,13,16H,5-6,9-11H2,1H3/t13-/m0/s1. The fraction of sp³-hybridized carbons (Fsp3) is 0.500. The number of nitrogens with one attached hydrogen (secondary N) is 1. The molecular weight excluding hydrogens is 256 g/mol. The van der Waals surface area contributed by atoms with E-state index in [-0.39, 0.29) is 12.0 Å². The average molecular weight is 276 g/mol. The highest BCUT2D eigenvalue weighted by atomic mass is 16.5. The molecule has 0 bridgehead atoms. The maximum atomic E-state index is 11.7. The van der Waals surface area contributed by atoms with Crippen LogP contribution in [0.3, 0.4) is 0 Å². The molecule has 0 aliphatic carbocycles. The van der Waals surface area contributed by atoms with Gasteiger partial charge in [-0.25, -0.2) is 0 Å². The number of carbonyl (C=O) groups excluding carboxylic acids is 1. The van der Waals surface area contributed by atoms with Gasteiger partial charge in [-0.1, -0.05) is 35.4 Å². The van der Waals surface area contributed by atoms with Crippen molar-refractivity contribution in [3.63, 3.8) is 0 Å². The minimum absolute atomic E-state index is 0.260. The van der Waals surface area contributed by atoms with Gasteiger partial charge in [0.1, 0.15) is 6.04 Å². The SMILES string of the molecule is COC(=O)[C@H](Cc1ccccc1)NCCCCN=[N+]=[N-]. The summed E-state index contributed by atoms with van der Waals surface area (Å²) in [6, 6.07) is 9.47. The molecule has 6 heteroatoms. The predicted octanol–water partition coefficient (Wildman–Crippen LogP) is 2.45. The second-order valence-corrected chi connectivity index (χ2v) is 4.38. The van der Waals surface area contributed by atoms with E-state index < -0.39 is 0 Å². The van der Waals surface area contributed by atoms with E-state index in [1.165, 1.54) is 7.11 Å². The van der Waals surface area contributed by atoms with Crippen molar-refractivity contribution in [2.45, 2.75) is 25.3 Å². The lowest BCUT2D eigenvalue weighted by Crippen LogP contribution is -2.40. The van der Waals surface area contributed by atoms with Crippen LogP contribution in [0, 0.1) is 0 Å². The molecule has 1 N–H and O–H groups in total. The minimum Gasteiger partial charge on any atom is -0.468 e. The molecule has 0 radical (unpaired) electrons. The van der Waals surface area contributed by atoms with Gasteiger partial charge in [-0.3, -0.25) is 4.79 Å². The van der Waals surface area contributed by atoms with Crippen LogP contribution in [0.4, 0.5) is 0 Å². The number of hydrogen-bond donors (Lipinski definition) is 1. The fourth-order valence-corrected chi connectivity index (χ4v) is 1.86. The molecule has 0 spiro atoms. The van der Waals surface area contributed by atoms with Gasteiger partial charge in [-0.2, -0.15) is 0 Å². The molecule has 1 rings (SSSR count). The Morgan fingerprint density at radius 1 is 1.40 bits per heavy atom. The first kappa shape index (κ1) is 16.0. The molecule has 1 aromatic carbocycles. The van der Waals surface area contributed by atoms with Crippen LogP contribution in [0.1, 0.15) is 18.4 Å². The minimum atomic E-state index is -0.345. The Morgan fingerprint density at radius 2 is 2.15 bits per heavy atom. The van der Waals surface area contributed by atoms with Crippen LogP contribution in [0.25, 0.3) is 10.4 Å². The van der Waals surface area contributed by atoms with Crippen LogP contribution in [0.2, 0.25) is 0 Å². The number of esters is 1. The molecule has 20 heavy (non-hydrogen) atoms. The highest BCUT2D eigenvalue weighted by Gasteiger charge is 2.18. The monoisotopic (exact) mass is 276 g/mol. The topological polar surface area (TPSA) is 87.1 Å². The molecule has 108 valence electrons. The van der Waals surface area contributed by atoms with Crippen LogP contribution in [-0.4, -0.2) is 32.2 Å². The molecule has 0 heterocycles. The van der Waals surface area contributed by atoms with Crippen molar-refractivity contribution in [1.82, 2.24) is 5.32 Å². The quantitative estimate of drug-likeness (QED) is 0.247. The number of azide groups is 1. The van der Waals surface area contributed by atoms with Crippen molar-refractivity contribution in [3.05, 3.63) is 46.3 Å². The third-order valence-corrected chi connectivity index (χ3v) is 2.91. The van der Waals surface area contributed by atoms with Crippen LogP contribution in [0.15, 0.2) is 35.4 Å². The average Bonchev–Trinajstić information content (AvgIpc) is 2.49. The number of methoxy groups -OCH3 is 1. The highest BCUT2D eigenvalue weighted by Crippen LogP contribution is 2.04. The van der Waals surface area contributed by atoms with Gasteiger partial charge < -0.3 is 10.1 Å². The van der Waals surface area contributed by atoms with Crippen LogP contribution in [-0.2, 0) is 16.0 Å². The Morgan fingerprint density at radius 3 is 2.80 bits per heavy atom. The number of carbonyl (C=O) groups is 1. The Hall–Kier alpha value is -2.04. The van der Waals surface area contributed by atoms with E-state index in [1.807, 2.05) is 30.3 Å². The van der Waals surface area contributed by atoms with E-state index in [0.717, 1.165) is 18.4 Å². The highest BCUT2D eigenvalue weighted by molar-refractivity contribution is 5.76. The van der Waals surface area contributed by atoms with Gasteiger partial charge in [0.05, 0.1) is 7.11 Å². The Labute approximate surface area is 118 Å². The molecule has 0 aromatic heterocycles. The summed E-state index contributed by atoms with van der Waals surface area (Å²) in [5.41, 5.74) is 9.25. The third-order valence-electron chi connectivity index (χ3n) is 2.91. The molecular formula is C14H20N4O2. The second-order valence-electron chi connectivity index (χ2n) is 4.38. The van der Waals surface area contributed by atoms with E-state index in [4.69, 9.17) is 10.3 Å². The molecule has 0 aliphatic heterocycles. The molecule has 1 atom stereocenters. The molecule has 6 nitrogen and oxygen atoms in total. The van der Waals surface area contributed by atoms with E-state index in [1.54, 1.807) is 0 Å². The lowest BCUT2D eigenvalue weighted by molar-refractivity contribution is -0.143. The lowest BCUT2D eigenvalue weighted by atomic mass is 10.1. The summed E-state index contributed by atoms with van der Waals surface area (Å²) in [7, 11) is 1.39. The molecule has 1 aromatic rings. The normalized spacial score (nSPS) is 11.4. The first-order valence-electron chi connectivity index (χ1n) is 6.64. The second kappa shape index (κ2) is 9.83. The van der Waals surface area contributed by atoms with Gasteiger partial charge in [-0.05, 0) is 36.9 Å². The largest absolute Gasteiger partial charge is 0.468 e. The molecule has 0 fully saturated rings. The summed E-state index contributed by atoms with van der Waals surface area (Å²) in [6.45, 7) is 1.17. The van der Waals surface area contributed by atoms with Gasteiger partial charge >= 0.3 is 5.97 Å². The summed E-state index contributed by atoms with van der Waals surface area (Å²) < 4.78 is 4.81. The van der Waals surface area contributed by atoms with Crippen LogP contribution < -0.4 is 5.32 Å². The molecule has 0 unspecified atom stereocenters. The fourth-order valence-electron chi connectivity index (χ4n) is 1.86. The van der Waals surface area contributed by atoms with E-state index in [9.17, 15) is 4.79 Å². The maximum Gasteiger partial charge on any atom is 0.323 e. The van der Waals surface area contributed by atoms with Gasteiger partial charge in [0.25, 0.3) is 0 Å². The summed E-state index contributed by atoms with van der Waals surface area (Å²) in [4.78, 5) is 14.4. The molecule has 0 saturated carbocycles. The first-order valence-corrected chi connectivity index (χ1v) is 6.64. The number of hydrogen-bond acceptors (Lipinski definition) is 4. The van der Waals surface area contributed by atoms with Crippen molar-refractivity contribution in [2.75, 3.05) is 20.2 Å². The zero-order valence-corrected chi connectivity index (χ0v) is 11.7. The van der Waals surface area contributed by atoms with Crippen molar-refractivity contribution in [1.29, 1.82) is 0 Å². The van der Waals surface area contributed by atoms with Gasteiger partial charge in [0.2, 0.25) is 0 Å². The molecule has 0 amide bonds. The van der Waals surface area contributed by atoms with Crippen molar-refractivity contribution < 1.29 is 9.53 Å². The lowest BCUT2D eigenvalue weighted by Gasteiger charge is -2.16. The number of ether oxygens (including phenoxy) is 1. The Bertz CT molecular complexity index is 444. The predicted molar refractivity (Wildman–Crippen MR) is 77.2 cm³/mol. The molecule has 0 aliphatic rings. The summed E-state index contributed by atoms with van der Waals surface area (Å²) in [6.07, 6.45) is 2.25. The third kappa shape index (κ3) is 6.22. The number of unbranched alkanes of at least 4 members (excludes halogenated alkanes) is 1. The van der Waals surface area contributed by atoms with E-state index in [0.29, 0.717) is 19.5 Å². The van der Waals surface area contributed by atoms with Gasteiger partial charge in [-0.15, -0.1) is 0 Å². The summed E-state index contributed by atoms with van der Waals surface area (Å²) in [5.74, 6) is -0.260. The smallest absolute Gasteiger partial charge is 0.323 e. The van der Waals surface area contributed by atoms with Crippen molar-refractivity contribution in [2.24, 2.45) is 5.11 Å². The van der Waals surface area contributed by atoms with E-state index in [2.05, 4.69) is 15.3 Å². The Kier molecular flexibility index (Phi) is 7.87. The zero-order chi connectivity index (χ0) is 14.6. The maximum absolute atomic E-state index is 11.7. The van der Waals surface area contributed by atoms with Crippen LogP contribution >= 0.6 is 0 Å². The number of rotatable bonds is 9. The van der Waals surface area contributed by atoms with Gasteiger partial charge in [0, 0.05) is 11.5 Å². The molecule has 0 saturated heterocycles. The summed E-state index contributed by atoms with van der Waals surface area (Å²) >= 11 is 0. The van der Waals surface area contributed by atoms with E-state index >= 15 is 0 Å². The van der Waals surface area contributed by atoms with Crippen molar-refractivity contribution in [3.8, 4) is 0 Å². The Balaban J connectivity index is 2.40. The first-order chi connectivity index (χ1) is 9.77. The zero-order valence-electron chi connectivity index (χ0n) is 11.7.